The monoisotopic (exact) mass is 569 g/mol. The average Bonchev–Trinajstić information content (AvgIpc) is 2.87. The summed E-state index contributed by atoms with van der Waals surface area (Å²) >= 11 is 0. The second kappa shape index (κ2) is 11.5. The topological polar surface area (TPSA) is 52.5 Å². The van der Waals surface area contributed by atoms with Crippen molar-refractivity contribution >= 4 is 29.7 Å². The van der Waals surface area contributed by atoms with Gasteiger partial charge in [-0.25, -0.2) is 23.2 Å². The average molecular weight is 570 g/mol. The standard InChI is InChI=1S/C32H42F3N5O/c1-19(2)40-18-32(6,7)41-29-26(35)14-22(15-27(29)40)28(20(3)33)38-30(36-8)37-23-10-11-24(25(34)16-23)21-12-13-39(9)31(4,5)17-21/h10-11,14-16,19,21H,8,12-13,17-18H2,1-7,9H3,(H,37,38)/b28-20+. The number of fused-ring (bicyclic) bond motifs is 1. The molecule has 2 aliphatic rings. The molecule has 4 rings (SSSR count). The van der Waals surface area contributed by atoms with Crippen LogP contribution in [0.1, 0.15) is 78.4 Å². The minimum absolute atomic E-state index is 0.0173. The molecule has 1 saturated heterocycles. The summed E-state index contributed by atoms with van der Waals surface area (Å²) in [6, 6.07) is 7.87. The van der Waals surface area contributed by atoms with Crippen molar-refractivity contribution < 1.29 is 17.9 Å². The van der Waals surface area contributed by atoms with Gasteiger partial charge in [0.15, 0.2) is 11.6 Å². The molecule has 9 heteroatoms. The molecule has 0 aromatic heterocycles. The number of benzene rings is 2. The predicted octanol–water partition coefficient (Wildman–Crippen LogP) is 7.77. The fourth-order valence-electron chi connectivity index (χ4n) is 5.69. The molecular weight excluding hydrogens is 527 g/mol. The number of ether oxygens (including phenoxy) is 1. The van der Waals surface area contributed by atoms with Gasteiger partial charge in [0, 0.05) is 22.8 Å². The van der Waals surface area contributed by atoms with Crippen molar-refractivity contribution in [2.75, 3.05) is 30.4 Å². The first-order valence-electron chi connectivity index (χ1n) is 14.1. The molecule has 41 heavy (non-hydrogen) atoms. The third-order valence-corrected chi connectivity index (χ3v) is 8.14. The van der Waals surface area contributed by atoms with Crippen LogP contribution in [0.15, 0.2) is 46.1 Å². The lowest BCUT2D eigenvalue weighted by Crippen LogP contribution is -2.49. The first kappa shape index (κ1) is 30.6. The van der Waals surface area contributed by atoms with Gasteiger partial charge in [0.25, 0.3) is 0 Å². The summed E-state index contributed by atoms with van der Waals surface area (Å²) < 4.78 is 51.5. The van der Waals surface area contributed by atoms with E-state index in [4.69, 9.17) is 4.74 Å². The van der Waals surface area contributed by atoms with Crippen LogP contribution in [-0.4, -0.2) is 54.9 Å². The molecule has 2 heterocycles. The van der Waals surface area contributed by atoms with Crippen molar-refractivity contribution in [3.05, 3.63) is 58.9 Å². The maximum absolute atomic E-state index is 15.4. The van der Waals surface area contributed by atoms with Crippen molar-refractivity contribution in [1.82, 2.24) is 4.90 Å². The van der Waals surface area contributed by atoms with E-state index in [9.17, 15) is 4.39 Å². The molecule has 0 spiro atoms. The van der Waals surface area contributed by atoms with E-state index in [1.165, 1.54) is 19.1 Å². The third kappa shape index (κ3) is 6.61. The maximum atomic E-state index is 15.4. The van der Waals surface area contributed by atoms with E-state index in [0.717, 1.165) is 19.4 Å². The number of allylic oxidation sites excluding steroid dienone is 1. The van der Waals surface area contributed by atoms with Gasteiger partial charge in [0.05, 0.1) is 12.2 Å². The highest BCUT2D eigenvalue weighted by Gasteiger charge is 2.36. The summed E-state index contributed by atoms with van der Waals surface area (Å²) in [4.78, 5) is 12.6. The summed E-state index contributed by atoms with van der Waals surface area (Å²) in [5, 5.41) is 2.94. The molecule has 0 amide bonds. The van der Waals surface area contributed by atoms with Crippen molar-refractivity contribution in [3.8, 4) is 5.75 Å². The molecule has 1 fully saturated rings. The Morgan fingerprint density at radius 3 is 2.41 bits per heavy atom. The van der Waals surface area contributed by atoms with Crippen LogP contribution in [0.3, 0.4) is 0 Å². The lowest BCUT2D eigenvalue weighted by molar-refractivity contribution is 0.0933. The zero-order valence-corrected chi connectivity index (χ0v) is 25.4. The van der Waals surface area contributed by atoms with Crippen molar-refractivity contribution in [2.24, 2.45) is 9.98 Å². The molecule has 222 valence electrons. The Bertz CT molecular complexity index is 1380. The van der Waals surface area contributed by atoms with Gasteiger partial charge in [-0.05, 0) is 117 Å². The van der Waals surface area contributed by atoms with E-state index in [2.05, 4.69) is 47.8 Å². The number of hydrogen-bond acceptors (Lipinski definition) is 4. The van der Waals surface area contributed by atoms with E-state index in [-0.39, 0.29) is 46.3 Å². The number of guanidine groups is 1. The molecule has 1 N–H and O–H groups in total. The first-order chi connectivity index (χ1) is 19.1. The Morgan fingerprint density at radius 1 is 1.12 bits per heavy atom. The zero-order valence-electron chi connectivity index (χ0n) is 25.4. The molecular formula is C32H42F3N5O. The summed E-state index contributed by atoms with van der Waals surface area (Å²) in [5.74, 6) is -1.37. The number of halogens is 3. The SMILES string of the molecule is C=NC(=N/C(=C(\C)F)c1cc(F)c2c(c1)N(C(C)C)CC(C)(C)O2)Nc1ccc(C2CCN(C)C(C)(C)C2)c(F)c1. The fourth-order valence-corrected chi connectivity index (χ4v) is 5.69. The van der Waals surface area contributed by atoms with E-state index in [1.807, 2.05) is 32.6 Å². The number of piperidine rings is 1. The molecule has 6 nitrogen and oxygen atoms in total. The Morgan fingerprint density at radius 2 is 1.83 bits per heavy atom. The van der Waals surface area contributed by atoms with Gasteiger partial charge in [0.1, 0.15) is 22.9 Å². The van der Waals surface area contributed by atoms with E-state index >= 15 is 8.78 Å². The molecule has 1 atom stereocenters. The fraction of sp³-hybridized carbons (Fsp3) is 0.500. The first-order valence-corrected chi connectivity index (χ1v) is 14.1. The van der Waals surface area contributed by atoms with Crippen LogP contribution in [0.2, 0.25) is 0 Å². The van der Waals surface area contributed by atoms with Crippen LogP contribution in [0, 0.1) is 11.6 Å². The summed E-state index contributed by atoms with van der Waals surface area (Å²) in [5.41, 5.74) is 1.11. The largest absolute Gasteiger partial charge is 0.481 e. The molecule has 2 aliphatic heterocycles. The van der Waals surface area contributed by atoms with Crippen LogP contribution < -0.4 is 15.0 Å². The molecule has 2 aromatic rings. The molecule has 0 aliphatic carbocycles. The van der Waals surface area contributed by atoms with Crippen LogP contribution in [-0.2, 0) is 0 Å². The highest BCUT2D eigenvalue weighted by Crippen LogP contribution is 2.43. The lowest BCUT2D eigenvalue weighted by atomic mass is 9.79. The minimum atomic E-state index is -0.633. The highest BCUT2D eigenvalue weighted by atomic mass is 19.1. The van der Waals surface area contributed by atoms with Gasteiger partial charge in [-0.15, -0.1) is 0 Å². The quantitative estimate of drug-likeness (QED) is 0.295. The Kier molecular flexibility index (Phi) is 8.60. The van der Waals surface area contributed by atoms with Crippen LogP contribution in [0.25, 0.3) is 5.70 Å². The summed E-state index contributed by atoms with van der Waals surface area (Å²) in [6.45, 7) is 18.4. The number of nitrogens with one attached hydrogen (secondary N) is 1. The second-order valence-electron chi connectivity index (χ2n) is 12.7. The second-order valence-corrected chi connectivity index (χ2v) is 12.7. The Balaban J connectivity index is 1.63. The van der Waals surface area contributed by atoms with Crippen molar-refractivity contribution in [2.45, 2.75) is 84.4 Å². The number of likely N-dealkylation sites (tertiary alicyclic amines) is 1. The van der Waals surface area contributed by atoms with Gasteiger partial charge >= 0.3 is 0 Å². The third-order valence-electron chi connectivity index (χ3n) is 8.14. The maximum Gasteiger partial charge on any atom is 0.227 e. The van der Waals surface area contributed by atoms with Crippen LogP contribution >= 0.6 is 0 Å². The molecule has 1 unspecified atom stereocenters. The Hall–Kier alpha value is -3.33. The molecule has 0 bridgehead atoms. The van der Waals surface area contributed by atoms with E-state index < -0.39 is 17.2 Å². The Labute approximate surface area is 242 Å². The smallest absolute Gasteiger partial charge is 0.227 e. The molecule has 0 radical (unpaired) electrons. The normalized spacial score (nSPS) is 21.2. The number of rotatable bonds is 5. The van der Waals surface area contributed by atoms with Crippen molar-refractivity contribution in [3.63, 3.8) is 0 Å². The summed E-state index contributed by atoms with van der Waals surface area (Å²) in [6.07, 6.45) is 1.73. The van der Waals surface area contributed by atoms with Gasteiger partial charge in [-0.2, -0.15) is 0 Å². The van der Waals surface area contributed by atoms with Crippen LogP contribution in [0.5, 0.6) is 5.75 Å². The summed E-state index contributed by atoms with van der Waals surface area (Å²) in [7, 11) is 2.10. The molecule has 2 aromatic carbocycles. The van der Waals surface area contributed by atoms with Crippen LogP contribution in [0.4, 0.5) is 24.5 Å². The highest BCUT2D eigenvalue weighted by molar-refractivity contribution is 5.99. The van der Waals surface area contributed by atoms with Gasteiger partial charge in [0.2, 0.25) is 5.96 Å². The number of nitrogens with zero attached hydrogens (tertiary/aromatic N) is 4. The van der Waals surface area contributed by atoms with Crippen molar-refractivity contribution in [1.29, 1.82) is 0 Å². The predicted molar refractivity (Wildman–Crippen MR) is 163 cm³/mol. The zero-order chi connectivity index (χ0) is 30.3. The van der Waals surface area contributed by atoms with Gasteiger partial charge in [-0.3, -0.25) is 0 Å². The number of hydrogen-bond donors (Lipinski definition) is 1. The van der Waals surface area contributed by atoms with Gasteiger partial charge < -0.3 is 19.9 Å². The lowest BCUT2D eigenvalue weighted by Gasteiger charge is -2.43. The van der Waals surface area contributed by atoms with Gasteiger partial charge in [-0.1, -0.05) is 6.07 Å². The van der Waals surface area contributed by atoms with E-state index in [0.29, 0.717) is 23.5 Å². The number of aliphatic imine (C=N–C) groups is 2. The van der Waals surface area contributed by atoms with E-state index in [1.54, 1.807) is 18.2 Å². The number of anilines is 2. The minimum Gasteiger partial charge on any atom is -0.481 e. The molecule has 0 saturated carbocycles.